The lowest BCUT2D eigenvalue weighted by Crippen LogP contribution is -2.18. The van der Waals surface area contributed by atoms with Crippen molar-refractivity contribution in [3.63, 3.8) is 0 Å². The summed E-state index contributed by atoms with van der Waals surface area (Å²) in [6.45, 7) is 4.60. The highest BCUT2D eigenvalue weighted by molar-refractivity contribution is 6.24. The topological polar surface area (TPSA) is 13.1 Å². The van der Waals surface area contributed by atoms with E-state index < -0.39 is 0 Å². The van der Waals surface area contributed by atoms with E-state index in [1.165, 1.54) is 60.5 Å². The zero-order valence-corrected chi connectivity index (χ0v) is 27.1. The fourth-order valence-electron chi connectivity index (χ4n) is 7.63. The molecule has 0 fully saturated rings. The van der Waals surface area contributed by atoms with Crippen LogP contribution in [0.5, 0.6) is 0 Å². The molecule has 0 aliphatic heterocycles. The summed E-state index contributed by atoms with van der Waals surface area (Å²) in [5.74, 6) is 0. The molecule has 0 unspecified atom stereocenters. The van der Waals surface area contributed by atoms with Crippen LogP contribution in [0.1, 0.15) is 25.0 Å². The molecular weight excluding hydrogens is 581 g/mol. The molecule has 1 heterocycles. The maximum Gasteiger partial charge on any atom is 0.143 e. The van der Waals surface area contributed by atoms with Gasteiger partial charge in [0.15, 0.2) is 0 Å². The number of para-hydroxylation sites is 2. The van der Waals surface area contributed by atoms with Gasteiger partial charge in [-0.1, -0.05) is 172 Å². The van der Waals surface area contributed by atoms with E-state index in [1.54, 1.807) is 0 Å². The van der Waals surface area contributed by atoms with E-state index in [9.17, 15) is 0 Å². The van der Waals surface area contributed by atoms with Crippen molar-refractivity contribution in [1.29, 1.82) is 0 Å². The van der Waals surface area contributed by atoms with Gasteiger partial charge in [0.25, 0.3) is 0 Å². The summed E-state index contributed by atoms with van der Waals surface area (Å²) in [5, 5.41) is 7.20. The van der Waals surface area contributed by atoms with Gasteiger partial charge in [-0.05, 0) is 67.1 Å². The SMILES string of the molecule is CC(C)(c1ccccc1)c1ccc(-c2cccc(-c3c4ccccc4c(-c4cccc5c4oc4ccccc45)c4ccccc34)c2)cc1. The maximum atomic E-state index is 6.57. The monoisotopic (exact) mass is 614 g/mol. The van der Waals surface area contributed by atoms with Gasteiger partial charge >= 0.3 is 0 Å². The Kier molecular flexibility index (Phi) is 6.55. The van der Waals surface area contributed by atoms with Crippen LogP contribution in [0.15, 0.2) is 174 Å². The normalized spacial score (nSPS) is 12.0. The molecule has 9 rings (SSSR count). The van der Waals surface area contributed by atoms with Gasteiger partial charge in [0, 0.05) is 27.3 Å². The second kappa shape index (κ2) is 11.1. The van der Waals surface area contributed by atoms with Crippen molar-refractivity contribution >= 4 is 43.5 Å². The van der Waals surface area contributed by atoms with E-state index in [0.29, 0.717) is 0 Å². The highest BCUT2D eigenvalue weighted by Crippen LogP contribution is 2.46. The first-order valence-electron chi connectivity index (χ1n) is 16.7. The van der Waals surface area contributed by atoms with Crippen LogP contribution >= 0.6 is 0 Å². The van der Waals surface area contributed by atoms with Crippen LogP contribution in [0.4, 0.5) is 0 Å². The Hall–Kier alpha value is -5.92. The van der Waals surface area contributed by atoms with Crippen molar-refractivity contribution < 1.29 is 4.42 Å². The third-order valence-corrected chi connectivity index (χ3v) is 10.2. The third-order valence-electron chi connectivity index (χ3n) is 10.2. The van der Waals surface area contributed by atoms with Gasteiger partial charge in [0.2, 0.25) is 0 Å². The van der Waals surface area contributed by atoms with Crippen molar-refractivity contribution in [3.8, 4) is 33.4 Å². The summed E-state index contributed by atoms with van der Waals surface area (Å²) in [6.07, 6.45) is 0. The minimum absolute atomic E-state index is 0.0755. The van der Waals surface area contributed by atoms with Crippen molar-refractivity contribution in [2.45, 2.75) is 19.3 Å². The fourth-order valence-corrected chi connectivity index (χ4v) is 7.63. The average Bonchev–Trinajstić information content (AvgIpc) is 3.53. The maximum absolute atomic E-state index is 6.57. The van der Waals surface area contributed by atoms with Crippen LogP contribution in [0, 0.1) is 0 Å². The highest BCUT2D eigenvalue weighted by atomic mass is 16.3. The third kappa shape index (κ3) is 4.47. The molecule has 0 amide bonds. The van der Waals surface area contributed by atoms with E-state index in [1.807, 2.05) is 6.07 Å². The molecule has 0 N–H and O–H groups in total. The zero-order chi connectivity index (χ0) is 32.2. The minimum Gasteiger partial charge on any atom is -0.455 e. The molecule has 0 spiro atoms. The molecule has 0 atom stereocenters. The van der Waals surface area contributed by atoms with Gasteiger partial charge in [0.05, 0.1) is 0 Å². The van der Waals surface area contributed by atoms with Crippen LogP contribution in [-0.2, 0) is 5.41 Å². The fraction of sp³-hybridized carbons (Fsp3) is 0.0638. The van der Waals surface area contributed by atoms with Crippen LogP contribution in [-0.4, -0.2) is 0 Å². The molecule has 1 aromatic heterocycles. The second-order valence-corrected chi connectivity index (χ2v) is 13.3. The molecule has 0 aliphatic carbocycles. The highest BCUT2D eigenvalue weighted by Gasteiger charge is 2.23. The molecule has 0 radical (unpaired) electrons. The van der Waals surface area contributed by atoms with Crippen LogP contribution in [0.25, 0.3) is 76.9 Å². The van der Waals surface area contributed by atoms with E-state index in [-0.39, 0.29) is 5.41 Å². The van der Waals surface area contributed by atoms with E-state index in [4.69, 9.17) is 4.42 Å². The molecule has 0 aliphatic rings. The number of hydrogen-bond donors (Lipinski definition) is 0. The quantitative estimate of drug-likeness (QED) is 0.176. The van der Waals surface area contributed by atoms with Crippen molar-refractivity contribution in [2.75, 3.05) is 0 Å². The Morgan fingerprint density at radius 2 is 0.896 bits per heavy atom. The predicted octanol–water partition coefficient (Wildman–Crippen LogP) is 13.2. The molecule has 1 nitrogen and oxygen atoms in total. The Morgan fingerprint density at radius 1 is 0.375 bits per heavy atom. The van der Waals surface area contributed by atoms with Crippen LogP contribution in [0.2, 0.25) is 0 Å². The lowest BCUT2D eigenvalue weighted by Gasteiger charge is -2.26. The van der Waals surface area contributed by atoms with Crippen molar-refractivity contribution in [1.82, 2.24) is 0 Å². The average molecular weight is 615 g/mol. The summed E-state index contributed by atoms with van der Waals surface area (Å²) in [5.41, 5.74) is 11.6. The van der Waals surface area contributed by atoms with Crippen LogP contribution < -0.4 is 0 Å². The summed E-state index contributed by atoms with van der Waals surface area (Å²) >= 11 is 0. The van der Waals surface area contributed by atoms with Gasteiger partial charge in [-0.25, -0.2) is 0 Å². The smallest absolute Gasteiger partial charge is 0.143 e. The summed E-state index contributed by atoms with van der Waals surface area (Å²) in [4.78, 5) is 0. The molecule has 9 aromatic rings. The Labute approximate surface area is 280 Å². The summed E-state index contributed by atoms with van der Waals surface area (Å²) < 4.78 is 6.57. The molecule has 1 heteroatoms. The molecule has 228 valence electrons. The van der Waals surface area contributed by atoms with Gasteiger partial charge in [0.1, 0.15) is 11.2 Å². The molecular formula is C47H34O. The largest absolute Gasteiger partial charge is 0.455 e. The molecule has 0 saturated heterocycles. The number of fused-ring (bicyclic) bond motifs is 5. The Balaban J connectivity index is 1.22. The standard InChI is InChI=1S/C47H34O/c1-47(2,34-16-4-3-5-17-34)35-28-26-31(27-29-35)32-14-12-15-33(30-32)44-37-19-6-8-21-39(37)45(40-22-9-7-20-38(40)44)42-24-13-23-41-36-18-10-11-25-43(36)48-46(41)42/h3-30H,1-2H3. The second-order valence-electron chi connectivity index (χ2n) is 13.3. The number of benzene rings is 8. The number of rotatable bonds is 5. The zero-order valence-electron chi connectivity index (χ0n) is 27.1. The Morgan fingerprint density at radius 3 is 1.58 bits per heavy atom. The number of furan rings is 1. The first-order chi connectivity index (χ1) is 23.6. The first kappa shape index (κ1) is 28.3. The lowest BCUT2D eigenvalue weighted by atomic mass is 9.78. The molecule has 8 aromatic carbocycles. The van der Waals surface area contributed by atoms with Crippen molar-refractivity contribution in [2.24, 2.45) is 0 Å². The van der Waals surface area contributed by atoms with Gasteiger partial charge in [-0.2, -0.15) is 0 Å². The summed E-state index contributed by atoms with van der Waals surface area (Å²) in [6, 6.07) is 61.4. The van der Waals surface area contributed by atoms with E-state index >= 15 is 0 Å². The Bertz CT molecular complexity index is 2560. The van der Waals surface area contributed by atoms with Gasteiger partial charge in [-0.15, -0.1) is 0 Å². The van der Waals surface area contributed by atoms with Gasteiger partial charge in [-0.3, -0.25) is 0 Å². The van der Waals surface area contributed by atoms with E-state index in [2.05, 4.69) is 178 Å². The molecule has 0 bridgehead atoms. The van der Waals surface area contributed by atoms with Crippen LogP contribution in [0.3, 0.4) is 0 Å². The lowest BCUT2D eigenvalue weighted by molar-refractivity contribution is 0.641. The van der Waals surface area contributed by atoms with Gasteiger partial charge < -0.3 is 4.42 Å². The van der Waals surface area contributed by atoms with E-state index in [0.717, 1.165) is 27.5 Å². The first-order valence-corrected chi connectivity index (χ1v) is 16.7. The molecule has 0 saturated carbocycles. The predicted molar refractivity (Wildman–Crippen MR) is 204 cm³/mol. The molecule has 48 heavy (non-hydrogen) atoms. The number of hydrogen-bond acceptors (Lipinski definition) is 1. The van der Waals surface area contributed by atoms with Crippen molar-refractivity contribution in [3.05, 3.63) is 181 Å². The minimum atomic E-state index is -0.0755. The summed E-state index contributed by atoms with van der Waals surface area (Å²) in [7, 11) is 0.